The van der Waals surface area contributed by atoms with Gasteiger partial charge in [-0.2, -0.15) is 29.6 Å². The van der Waals surface area contributed by atoms with Gasteiger partial charge >= 0.3 is 6.18 Å². The van der Waals surface area contributed by atoms with E-state index in [0.717, 1.165) is 0 Å². The number of halogens is 3. The van der Waals surface area contributed by atoms with Crippen LogP contribution in [0.2, 0.25) is 0 Å². The van der Waals surface area contributed by atoms with E-state index in [1.807, 2.05) is 5.43 Å². The lowest BCUT2D eigenvalue weighted by molar-refractivity contribution is -0.120. The fourth-order valence-corrected chi connectivity index (χ4v) is 2.49. The van der Waals surface area contributed by atoms with Gasteiger partial charge in [-0.1, -0.05) is 30.3 Å². The molecule has 4 nitrogen and oxygen atoms in total. The van der Waals surface area contributed by atoms with Crippen molar-refractivity contribution in [1.29, 1.82) is 0 Å². The number of Topliss-reactive ketones (excluding diaryl/α,β-unsaturated/α-hetero) is 1. The van der Waals surface area contributed by atoms with E-state index in [2.05, 4.69) is 5.10 Å². The minimum atomic E-state index is -4.80. The Morgan fingerprint density at radius 3 is 2.42 bits per heavy atom. The van der Waals surface area contributed by atoms with E-state index in [4.69, 9.17) is 0 Å². The molecule has 0 aliphatic heterocycles. The van der Waals surface area contributed by atoms with E-state index < -0.39 is 30.0 Å². The molecule has 0 spiro atoms. The van der Waals surface area contributed by atoms with Crippen molar-refractivity contribution in [2.24, 2.45) is 5.10 Å². The summed E-state index contributed by atoms with van der Waals surface area (Å²) < 4.78 is 38.9. The van der Waals surface area contributed by atoms with Crippen LogP contribution in [-0.2, 0) is 11.2 Å². The molecule has 2 rings (SSSR count). The van der Waals surface area contributed by atoms with E-state index in [-0.39, 0.29) is 12.0 Å². The summed E-state index contributed by atoms with van der Waals surface area (Å²) in [4.78, 5) is 23.5. The molecule has 0 aliphatic rings. The quantitative estimate of drug-likeness (QED) is 0.490. The Kier molecular flexibility index (Phi) is 5.86. The van der Waals surface area contributed by atoms with Crippen LogP contribution in [0.15, 0.2) is 52.3 Å². The van der Waals surface area contributed by atoms with Gasteiger partial charge in [0.05, 0.1) is 12.8 Å². The van der Waals surface area contributed by atoms with Gasteiger partial charge in [-0.05, 0) is 17.0 Å². The molecule has 0 unspecified atom stereocenters. The van der Waals surface area contributed by atoms with Crippen LogP contribution in [0.5, 0.6) is 0 Å². The normalized spacial score (nSPS) is 12.0. The topological polar surface area (TPSA) is 58.5 Å². The van der Waals surface area contributed by atoms with Crippen molar-refractivity contribution in [3.63, 3.8) is 0 Å². The number of amides is 1. The fraction of sp³-hybridized carbons (Fsp3) is 0.188. The molecule has 1 amide bonds. The Morgan fingerprint density at radius 1 is 1.12 bits per heavy atom. The highest BCUT2D eigenvalue weighted by Crippen LogP contribution is 2.21. The number of benzene rings is 1. The van der Waals surface area contributed by atoms with Crippen LogP contribution in [-0.4, -0.2) is 23.6 Å². The second kappa shape index (κ2) is 7.87. The first-order valence-corrected chi connectivity index (χ1v) is 7.82. The molecule has 0 bridgehead atoms. The van der Waals surface area contributed by atoms with Crippen molar-refractivity contribution in [1.82, 2.24) is 5.43 Å². The Balaban J connectivity index is 2.03. The Labute approximate surface area is 140 Å². The molecule has 0 aliphatic carbocycles. The average molecular weight is 354 g/mol. The lowest BCUT2D eigenvalue weighted by Gasteiger charge is -2.10. The van der Waals surface area contributed by atoms with E-state index in [1.54, 1.807) is 35.7 Å². The van der Waals surface area contributed by atoms with Crippen molar-refractivity contribution in [2.75, 3.05) is 0 Å². The summed E-state index contributed by atoms with van der Waals surface area (Å²) in [5.41, 5.74) is 1.37. The second-order valence-corrected chi connectivity index (χ2v) is 5.65. The maximum atomic E-state index is 13.0. The maximum absolute atomic E-state index is 13.0. The molecule has 0 fully saturated rings. The molecule has 0 saturated carbocycles. The van der Waals surface area contributed by atoms with Gasteiger partial charge in [0.25, 0.3) is 0 Å². The second-order valence-electron chi connectivity index (χ2n) is 4.87. The van der Waals surface area contributed by atoms with Crippen LogP contribution < -0.4 is 5.43 Å². The summed E-state index contributed by atoms with van der Waals surface area (Å²) >= 11 is 1.21. The summed E-state index contributed by atoms with van der Waals surface area (Å²) in [6, 6.07) is 9.98. The Bertz CT molecular complexity index is 726. The third-order valence-corrected chi connectivity index (χ3v) is 3.70. The van der Waals surface area contributed by atoms with E-state index >= 15 is 0 Å². The van der Waals surface area contributed by atoms with E-state index in [9.17, 15) is 22.8 Å². The van der Waals surface area contributed by atoms with E-state index in [1.165, 1.54) is 22.8 Å². The van der Waals surface area contributed by atoms with Crippen molar-refractivity contribution in [3.05, 3.63) is 58.3 Å². The number of carbonyl (C=O) groups is 2. The van der Waals surface area contributed by atoms with Crippen LogP contribution in [0, 0.1) is 0 Å². The first-order valence-electron chi connectivity index (χ1n) is 6.88. The zero-order valence-electron chi connectivity index (χ0n) is 12.3. The summed E-state index contributed by atoms with van der Waals surface area (Å²) in [6.45, 7) is 0. The molecule has 0 radical (unpaired) electrons. The lowest BCUT2D eigenvalue weighted by atomic mass is 10.1. The number of nitrogens with one attached hydrogen (secondary N) is 1. The summed E-state index contributed by atoms with van der Waals surface area (Å²) in [5, 5.41) is 6.17. The predicted octanol–water partition coefficient (Wildman–Crippen LogP) is 3.60. The van der Waals surface area contributed by atoms with Crippen LogP contribution in [0.1, 0.15) is 22.3 Å². The molecule has 0 saturated heterocycles. The van der Waals surface area contributed by atoms with Crippen LogP contribution in [0.3, 0.4) is 0 Å². The monoisotopic (exact) mass is 354 g/mol. The highest BCUT2D eigenvalue weighted by atomic mass is 32.1. The van der Waals surface area contributed by atoms with Crippen LogP contribution >= 0.6 is 11.3 Å². The molecule has 1 aromatic heterocycles. The molecule has 0 atom stereocenters. The first kappa shape index (κ1) is 17.9. The number of rotatable bonds is 6. The molecular weight excluding hydrogens is 341 g/mol. The highest BCUT2D eigenvalue weighted by Gasteiger charge is 2.37. The number of hydrogen-bond donors (Lipinski definition) is 1. The SMILES string of the molecule is O=C(Cc1ccccc1)NN=C(CC(=O)c1ccsc1)C(F)(F)F. The molecule has 24 heavy (non-hydrogen) atoms. The van der Waals surface area contributed by atoms with Gasteiger partial charge in [0, 0.05) is 10.9 Å². The molecular formula is C16H13F3N2O2S. The Morgan fingerprint density at radius 2 is 1.83 bits per heavy atom. The molecule has 1 heterocycles. The zero-order valence-corrected chi connectivity index (χ0v) is 13.2. The summed E-state index contributed by atoms with van der Waals surface area (Å²) in [5.74, 6) is -1.39. The van der Waals surface area contributed by atoms with Gasteiger partial charge in [0.1, 0.15) is 5.71 Å². The number of thiophene rings is 1. The molecule has 2 aromatic rings. The molecule has 1 N–H and O–H groups in total. The minimum absolute atomic E-state index is 0.103. The lowest BCUT2D eigenvalue weighted by Crippen LogP contribution is -2.30. The number of nitrogens with zero attached hydrogens (tertiary/aromatic N) is 1. The van der Waals surface area contributed by atoms with Gasteiger partial charge in [-0.3, -0.25) is 9.59 Å². The minimum Gasteiger partial charge on any atom is -0.294 e. The summed E-state index contributed by atoms with van der Waals surface area (Å²) in [7, 11) is 0. The van der Waals surface area contributed by atoms with Gasteiger partial charge in [-0.15, -0.1) is 0 Å². The first-order chi connectivity index (χ1) is 11.4. The van der Waals surface area contributed by atoms with Crippen molar-refractivity contribution < 1.29 is 22.8 Å². The third kappa shape index (κ3) is 5.31. The van der Waals surface area contributed by atoms with Gasteiger partial charge in [0.2, 0.25) is 5.91 Å². The standard InChI is InChI=1S/C16H13F3N2O2S/c17-16(18,19)14(9-13(22)12-6-7-24-10-12)20-21-15(23)8-11-4-2-1-3-5-11/h1-7,10H,8-9H2,(H,21,23). The van der Waals surface area contributed by atoms with Crippen molar-refractivity contribution in [3.8, 4) is 0 Å². The third-order valence-electron chi connectivity index (χ3n) is 3.02. The predicted molar refractivity (Wildman–Crippen MR) is 85.0 cm³/mol. The smallest absolute Gasteiger partial charge is 0.294 e. The highest BCUT2D eigenvalue weighted by molar-refractivity contribution is 7.08. The number of ketones is 1. The van der Waals surface area contributed by atoms with Gasteiger partial charge in [-0.25, -0.2) is 5.43 Å². The molecule has 1 aromatic carbocycles. The van der Waals surface area contributed by atoms with Gasteiger partial charge in [0.15, 0.2) is 5.78 Å². The fourth-order valence-electron chi connectivity index (χ4n) is 1.83. The summed E-state index contributed by atoms with van der Waals surface area (Å²) in [6.07, 6.45) is -5.83. The number of carbonyl (C=O) groups excluding carboxylic acids is 2. The number of hydrazone groups is 1. The van der Waals surface area contributed by atoms with Gasteiger partial charge < -0.3 is 0 Å². The van der Waals surface area contributed by atoms with E-state index in [0.29, 0.717) is 5.56 Å². The maximum Gasteiger partial charge on any atom is 0.431 e. The van der Waals surface area contributed by atoms with Crippen molar-refractivity contribution >= 4 is 28.7 Å². The van der Waals surface area contributed by atoms with Crippen molar-refractivity contribution in [2.45, 2.75) is 19.0 Å². The molecule has 8 heteroatoms. The number of alkyl halides is 3. The average Bonchev–Trinajstić information content (AvgIpc) is 3.05. The van der Waals surface area contributed by atoms with Crippen LogP contribution in [0.4, 0.5) is 13.2 Å². The molecule has 126 valence electrons. The largest absolute Gasteiger partial charge is 0.431 e. The van der Waals surface area contributed by atoms with Crippen LogP contribution in [0.25, 0.3) is 0 Å². The number of hydrogen-bond acceptors (Lipinski definition) is 4. The Hall–Kier alpha value is -2.48. The zero-order chi connectivity index (χ0) is 17.6.